The summed E-state index contributed by atoms with van der Waals surface area (Å²) in [5.41, 5.74) is 2.69. The number of Topliss-reactive ketones (excluding diaryl/α,β-unsaturated/α-hetero) is 1. The van der Waals surface area contributed by atoms with Gasteiger partial charge in [0.05, 0.1) is 31.6 Å². The van der Waals surface area contributed by atoms with Gasteiger partial charge in [-0.1, -0.05) is 23.7 Å². The average molecular weight is 376 g/mol. The lowest BCUT2D eigenvalue weighted by atomic mass is 9.95. The maximum absolute atomic E-state index is 11.9. The van der Waals surface area contributed by atoms with Gasteiger partial charge in [0.25, 0.3) is 0 Å². The molecule has 0 saturated carbocycles. The highest BCUT2D eigenvalue weighted by Gasteiger charge is 2.28. The van der Waals surface area contributed by atoms with Crippen molar-refractivity contribution in [3.8, 4) is 5.75 Å². The number of pyridine rings is 1. The first-order chi connectivity index (χ1) is 12.6. The second-order valence-electron chi connectivity index (χ2n) is 6.32. The third kappa shape index (κ3) is 4.61. The molecule has 1 fully saturated rings. The SMILES string of the molecule is CCOc1ccc(Cc2cc(C3CC(=O)CC(CO)O3)ccc2Cl)nc1. The van der Waals surface area contributed by atoms with E-state index in [2.05, 4.69) is 4.98 Å². The smallest absolute Gasteiger partial charge is 0.138 e. The molecule has 1 aromatic heterocycles. The molecule has 2 heterocycles. The number of ether oxygens (including phenoxy) is 2. The first kappa shape index (κ1) is 18.8. The van der Waals surface area contributed by atoms with Crippen LogP contribution in [0.1, 0.15) is 42.7 Å². The number of carbonyl (C=O) groups is 1. The van der Waals surface area contributed by atoms with E-state index < -0.39 is 6.10 Å². The number of halogens is 1. The third-order valence-electron chi connectivity index (χ3n) is 4.35. The second-order valence-corrected chi connectivity index (χ2v) is 6.73. The zero-order valence-corrected chi connectivity index (χ0v) is 15.4. The average Bonchev–Trinajstić information content (AvgIpc) is 2.64. The molecule has 1 aromatic carbocycles. The molecule has 1 aliphatic rings. The van der Waals surface area contributed by atoms with Gasteiger partial charge < -0.3 is 14.6 Å². The Labute approximate surface area is 157 Å². The van der Waals surface area contributed by atoms with Crippen molar-refractivity contribution in [3.05, 3.63) is 58.4 Å². The Bertz CT molecular complexity index is 763. The summed E-state index contributed by atoms with van der Waals surface area (Å²) in [6, 6.07) is 9.44. The van der Waals surface area contributed by atoms with E-state index in [-0.39, 0.29) is 24.9 Å². The van der Waals surface area contributed by atoms with E-state index in [0.29, 0.717) is 24.5 Å². The van der Waals surface area contributed by atoms with Gasteiger partial charge >= 0.3 is 0 Å². The highest BCUT2D eigenvalue weighted by molar-refractivity contribution is 6.31. The predicted octanol–water partition coefficient (Wildman–Crippen LogP) is 3.51. The Kier molecular flexibility index (Phi) is 6.25. The number of aliphatic hydroxyl groups excluding tert-OH is 1. The topological polar surface area (TPSA) is 68.7 Å². The van der Waals surface area contributed by atoms with Crippen LogP contribution >= 0.6 is 11.6 Å². The van der Waals surface area contributed by atoms with Crippen LogP contribution in [-0.4, -0.2) is 35.2 Å². The van der Waals surface area contributed by atoms with E-state index in [4.69, 9.17) is 21.1 Å². The van der Waals surface area contributed by atoms with Crippen molar-refractivity contribution in [2.24, 2.45) is 0 Å². The molecule has 1 aliphatic heterocycles. The number of hydrogen-bond donors (Lipinski definition) is 1. The van der Waals surface area contributed by atoms with Crippen molar-refractivity contribution in [2.75, 3.05) is 13.2 Å². The Hall–Kier alpha value is -1.95. The highest BCUT2D eigenvalue weighted by atomic mass is 35.5. The molecule has 0 bridgehead atoms. The van der Waals surface area contributed by atoms with Gasteiger partial charge in [0.2, 0.25) is 0 Å². The molecule has 0 spiro atoms. The molecule has 2 aromatic rings. The molecular weight excluding hydrogens is 354 g/mol. The molecular formula is C20H22ClNO4. The van der Waals surface area contributed by atoms with E-state index >= 15 is 0 Å². The number of carbonyl (C=O) groups excluding carboxylic acids is 1. The Morgan fingerprint density at radius 1 is 1.31 bits per heavy atom. The Morgan fingerprint density at radius 3 is 2.85 bits per heavy atom. The number of nitrogens with zero attached hydrogens (tertiary/aromatic N) is 1. The number of rotatable bonds is 6. The molecule has 26 heavy (non-hydrogen) atoms. The fraction of sp³-hybridized carbons (Fsp3) is 0.400. The third-order valence-corrected chi connectivity index (χ3v) is 4.72. The van der Waals surface area contributed by atoms with Crippen molar-refractivity contribution < 1.29 is 19.4 Å². The van der Waals surface area contributed by atoms with Gasteiger partial charge in [-0.3, -0.25) is 9.78 Å². The fourth-order valence-electron chi connectivity index (χ4n) is 3.07. The molecule has 2 atom stereocenters. The molecule has 1 saturated heterocycles. The molecule has 6 heteroatoms. The summed E-state index contributed by atoms with van der Waals surface area (Å²) in [6.07, 6.45) is 2.07. The molecule has 3 rings (SSSR count). The van der Waals surface area contributed by atoms with Crippen molar-refractivity contribution in [1.82, 2.24) is 4.98 Å². The predicted molar refractivity (Wildman–Crippen MR) is 98.6 cm³/mol. The summed E-state index contributed by atoms with van der Waals surface area (Å²) in [5, 5.41) is 9.95. The van der Waals surface area contributed by atoms with Crippen LogP contribution in [-0.2, 0) is 16.0 Å². The van der Waals surface area contributed by atoms with Crippen molar-refractivity contribution in [1.29, 1.82) is 0 Å². The van der Waals surface area contributed by atoms with E-state index in [1.165, 1.54) is 0 Å². The van der Waals surface area contributed by atoms with Crippen LogP contribution in [0.3, 0.4) is 0 Å². The van der Waals surface area contributed by atoms with Crippen LogP contribution in [0, 0.1) is 0 Å². The van der Waals surface area contributed by atoms with Gasteiger partial charge in [-0.25, -0.2) is 0 Å². The molecule has 2 unspecified atom stereocenters. The fourth-order valence-corrected chi connectivity index (χ4v) is 3.25. The molecule has 138 valence electrons. The summed E-state index contributed by atoms with van der Waals surface area (Å²) in [4.78, 5) is 16.3. The lowest BCUT2D eigenvalue weighted by Crippen LogP contribution is -2.30. The van der Waals surface area contributed by atoms with Crippen molar-refractivity contribution in [3.63, 3.8) is 0 Å². The van der Waals surface area contributed by atoms with Crippen LogP contribution in [0.4, 0.5) is 0 Å². The van der Waals surface area contributed by atoms with E-state index in [1.807, 2.05) is 37.3 Å². The van der Waals surface area contributed by atoms with Gasteiger partial charge in [0.15, 0.2) is 0 Å². The quantitative estimate of drug-likeness (QED) is 0.836. The van der Waals surface area contributed by atoms with Crippen LogP contribution < -0.4 is 4.74 Å². The molecule has 0 radical (unpaired) electrons. The highest BCUT2D eigenvalue weighted by Crippen LogP contribution is 2.32. The van der Waals surface area contributed by atoms with Crippen LogP contribution in [0.25, 0.3) is 0 Å². The summed E-state index contributed by atoms with van der Waals surface area (Å²) in [5.74, 6) is 0.838. The maximum atomic E-state index is 11.9. The summed E-state index contributed by atoms with van der Waals surface area (Å²) >= 11 is 6.35. The normalized spacial score (nSPS) is 20.2. The van der Waals surface area contributed by atoms with Gasteiger partial charge in [-0.05, 0) is 36.2 Å². The van der Waals surface area contributed by atoms with Crippen molar-refractivity contribution in [2.45, 2.75) is 38.4 Å². The van der Waals surface area contributed by atoms with Gasteiger partial charge in [-0.2, -0.15) is 0 Å². The first-order valence-corrected chi connectivity index (χ1v) is 9.11. The summed E-state index contributed by atoms with van der Waals surface area (Å²) in [7, 11) is 0. The lowest BCUT2D eigenvalue weighted by Gasteiger charge is -2.28. The number of aliphatic hydroxyl groups is 1. The molecule has 0 aliphatic carbocycles. The van der Waals surface area contributed by atoms with Crippen LogP contribution in [0.2, 0.25) is 5.02 Å². The maximum Gasteiger partial charge on any atom is 0.138 e. The van der Waals surface area contributed by atoms with Gasteiger partial charge in [0, 0.05) is 30.0 Å². The Morgan fingerprint density at radius 2 is 2.15 bits per heavy atom. The zero-order chi connectivity index (χ0) is 18.5. The molecule has 5 nitrogen and oxygen atoms in total. The van der Waals surface area contributed by atoms with E-state index in [9.17, 15) is 9.90 Å². The van der Waals surface area contributed by atoms with Gasteiger partial charge in [-0.15, -0.1) is 0 Å². The van der Waals surface area contributed by atoms with E-state index in [0.717, 1.165) is 22.6 Å². The number of hydrogen-bond acceptors (Lipinski definition) is 5. The summed E-state index contributed by atoms with van der Waals surface area (Å²) < 4.78 is 11.2. The minimum absolute atomic E-state index is 0.102. The van der Waals surface area contributed by atoms with Gasteiger partial charge in [0.1, 0.15) is 11.5 Å². The number of aromatic nitrogens is 1. The van der Waals surface area contributed by atoms with E-state index in [1.54, 1.807) is 6.20 Å². The number of ketones is 1. The standard InChI is InChI=1S/C20H22ClNO4/c1-2-25-17-5-4-15(22-11-17)8-14-7-13(3-6-19(14)21)20-10-16(24)9-18(12-23)26-20/h3-7,11,18,20,23H,2,8-10,12H2,1H3. The monoisotopic (exact) mass is 375 g/mol. The zero-order valence-electron chi connectivity index (χ0n) is 14.7. The minimum atomic E-state index is -0.437. The lowest BCUT2D eigenvalue weighted by molar-refractivity contribution is -0.139. The largest absolute Gasteiger partial charge is 0.492 e. The first-order valence-electron chi connectivity index (χ1n) is 8.73. The molecule has 1 N–H and O–H groups in total. The van der Waals surface area contributed by atoms with Crippen molar-refractivity contribution >= 4 is 17.4 Å². The summed E-state index contributed by atoms with van der Waals surface area (Å²) in [6.45, 7) is 2.38. The molecule has 0 amide bonds. The Balaban J connectivity index is 1.78. The van der Waals surface area contributed by atoms with Crippen LogP contribution in [0.15, 0.2) is 36.5 Å². The minimum Gasteiger partial charge on any atom is -0.492 e. The van der Waals surface area contributed by atoms with Crippen LogP contribution in [0.5, 0.6) is 5.75 Å². The number of benzene rings is 1. The second kappa shape index (κ2) is 8.62.